The molecule has 0 heterocycles. The Kier molecular flexibility index (Phi) is 1.28. The quantitative estimate of drug-likeness (QED) is 0.430. The molecular weight excluding hydrogens is 140 g/mol. The van der Waals surface area contributed by atoms with Gasteiger partial charge in [-0.15, -0.1) is 0 Å². The number of rotatable bonds is 2. The Bertz CT molecular complexity index is 247. The van der Waals surface area contributed by atoms with Crippen LogP contribution in [0.25, 0.3) is 0 Å². The summed E-state index contributed by atoms with van der Waals surface area (Å²) in [5.74, 6) is 0.468. The Morgan fingerprint density at radius 3 is 1.91 bits per heavy atom. The molecule has 0 radical (unpaired) electrons. The number of carbonyl (C=O) groups excluding carboxylic acids is 2. The van der Waals surface area contributed by atoms with E-state index in [0.29, 0.717) is 11.1 Å². The van der Waals surface area contributed by atoms with Gasteiger partial charge in [-0.25, -0.2) is 0 Å². The summed E-state index contributed by atoms with van der Waals surface area (Å²) in [4.78, 5) is 21.0. The van der Waals surface area contributed by atoms with Crippen LogP contribution >= 0.6 is 0 Å². The van der Waals surface area contributed by atoms with Crippen LogP contribution in [-0.4, -0.2) is 12.6 Å². The first-order chi connectivity index (χ1) is 5.36. The Balaban J connectivity index is 2.44. The maximum atomic E-state index is 10.5. The number of fused-ring (bicyclic) bond motifs is 2. The first-order valence-corrected chi connectivity index (χ1v) is 3.69. The van der Waals surface area contributed by atoms with Crippen LogP contribution in [0.2, 0.25) is 0 Å². The lowest BCUT2D eigenvalue weighted by Crippen LogP contribution is -2.00. The van der Waals surface area contributed by atoms with Gasteiger partial charge in [0.15, 0.2) is 0 Å². The molecule has 0 spiro atoms. The van der Waals surface area contributed by atoms with Crippen molar-refractivity contribution in [1.29, 1.82) is 0 Å². The van der Waals surface area contributed by atoms with Crippen molar-refractivity contribution >= 4 is 12.6 Å². The van der Waals surface area contributed by atoms with Gasteiger partial charge in [0.2, 0.25) is 0 Å². The zero-order chi connectivity index (χ0) is 7.84. The van der Waals surface area contributed by atoms with E-state index in [2.05, 4.69) is 0 Å². The lowest BCUT2D eigenvalue weighted by Gasteiger charge is -2.03. The minimum Gasteiger partial charge on any atom is -0.298 e. The average molecular weight is 148 g/mol. The highest BCUT2D eigenvalue weighted by atomic mass is 16.1. The maximum Gasteiger partial charge on any atom is 0.147 e. The first-order valence-electron chi connectivity index (χ1n) is 3.69. The zero-order valence-electron chi connectivity index (χ0n) is 5.99. The van der Waals surface area contributed by atoms with Crippen LogP contribution in [0.1, 0.15) is 6.42 Å². The summed E-state index contributed by atoms with van der Waals surface area (Å²) in [7, 11) is 0. The lowest BCUT2D eigenvalue weighted by molar-refractivity contribution is -0.107. The van der Waals surface area contributed by atoms with Crippen LogP contribution in [0, 0.1) is 11.8 Å². The zero-order valence-corrected chi connectivity index (χ0v) is 5.99. The van der Waals surface area contributed by atoms with Crippen molar-refractivity contribution in [2.45, 2.75) is 6.42 Å². The molecule has 0 aromatic carbocycles. The molecular formula is C9H8O2. The van der Waals surface area contributed by atoms with E-state index in [1.165, 1.54) is 0 Å². The summed E-state index contributed by atoms with van der Waals surface area (Å²) in [6.45, 7) is 0. The van der Waals surface area contributed by atoms with Gasteiger partial charge in [0, 0.05) is 23.0 Å². The first kappa shape index (κ1) is 6.53. The third kappa shape index (κ3) is 0.723. The van der Waals surface area contributed by atoms with E-state index >= 15 is 0 Å². The molecule has 2 nitrogen and oxygen atoms in total. The molecule has 0 saturated carbocycles. The number of hydrogen-bond donors (Lipinski definition) is 0. The number of allylic oxidation sites excluding steroid dienone is 4. The molecule has 2 bridgehead atoms. The summed E-state index contributed by atoms with van der Waals surface area (Å²) in [5.41, 5.74) is 1.40. The predicted molar refractivity (Wildman–Crippen MR) is 39.9 cm³/mol. The van der Waals surface area contributed by atoms with E-state index in [9.17, 15) is 9.59 Å². The molecule has 0 aromatic heterocycles. The molecule has 2 heteroatoms. The van der Waals surface area contributed by atoms with Gasteiger partial charge in [0.1, 0.15) is 12.6 Å². The molecule has 2 unspecified atom stereocenters. The summed E-state index contributed by atoms with van der Waals surface area (Å²) >= 11 is 0. The SMILES string of the molecule is O=CC1=C(C=O)C2C=CC1C2. The second-order valence-electron chi connectivity index (χ2n) is 2.98. The summed E-state index contributed by atoms with van der Waals surface area (Å²) in [5, 5.41) is 0. The van der Waals surface area contributed by atoms with Gasteiger partial charge in [-0.05, 0) is 6.42 Å². The molecule has 11 heavy (non-hydrogen) atoms. The van der Waals surface area contributed by atoms with E-state index < -0.39 is 0 Å². The molecule has 0 aromatic rings. The van der Waals surface area contributed by atoms with Gasteiger partial charge in [0.25, 0.3) is 0 Å². The maximum absolute atomic E-state index is 10.5. The highest BCUT2D eigenvalue weighted by Crippen LogP contribution is 2.41. The number of hydrogen-bond acceptors (Lipinski definition) is 2. The number of carbonyl (C=O) groups is 2. The topological polar surface area (TPSA) is 34.1 Å². The molecule has 2 atom stereocenters. The molecule has 2 aliphatic rings. The van der Waals surface area contributed by atoms with Crippen molar-refractivity contribution in [3.63, 3.8) is 0 Å². The Labute approximate surface area is 64.6 Å². The second kappa shape index (κ2) is 2.16. The van der Waals surface area contributed by atoms with Gasteiger partial charge >= 0.3 is 0 Å². The minimum absolute atomic E-state index is 0.234. The smallest absolute Gasteiger partial charge is 0.147 e. The Morgan fingerprint density at radius 2 is 1.55 bits per heavy atom. The standard InChI is InChI=1S/C9H8O2/c10-4-8-6-1-2-7(3-6)9(8)5-11/h1-2,4-7H,3H2. The monoisotopic (exact) mass is 148 g/mol. The molecule has 0 amide bonds. The Morgan fingerprint density at radius 1 is 1.09 bits per heavy atom. The van der Waals surface area contributed by atoms with Gasteiger partial charge in [-0.1, -0.05) is 12.2 Å². The van der Waals surface area contributed by atoms with E-state index in [4.69, 9.17) is 0 Å². The predicted octanol–water partition coefficient (Wildman–Crippen LogP) is 0.887. The second-order valence-corrected chi connectivity index (χ2v) is 2.98. The van der Waals surface area contributed by atoms with Crippen LogP contribution in [0.15, 0.2) is 23.3 Å². The largest absolute Gasteiger partial charge is 0.298 e. The molecule has 0 saturated heterocycles. The fourth-order valence-corrected chi connectivity index (χ4v) is 1.90. The van der Waals surface area contributed by atoms with Crippen LogP contribution in [0.3, 0.4) is 0 Å². The van der Waals surface area contributed by atoms with Gasteiger partial charge in [-0.2, -0.15) is 0 Å². The average Bonchev–Trinajstić information content (AvgIpc) is 2.60. The fraction of sp³-hybridized carbons (Fsp3) is 0.333. The molecule has 56 valence electrons. The highest BCUT2D eigenvalue weighted by Gasteiger charge is 2.34. The van der Waals surface area contributed by atoms with E-state index in [-0.39, 0.29) is 11.8 Å². The fourth-order valence-electron chi connectivity index (χ4n) is 1.90. The molecule has 0 fully saturated rings. The molecule has 2 rings (SSSR count). The van der Waals surface area contributed by atoms with Gasteiger partial charge < -0.3 is 0 Å². The van der Waals surface area contributed by atoms with Gasteiger partial charge in [0.05, 0.1) is 0 Å². The van der Waals surface area contributed by atoms with Crippen molar-refractivity contribution in [1.82, 2.24) is 0 Å². The summed E-state index contributed by atoms with van der Waals surface area (Å²) in [6.07, 6.45) is 6.60. The third-order valence-electron chi connectivity index (χ3n) is 2.47. The van der Waals surface area contributed by atoms with Crippen LogP contribution < -0.4 is 0 Å². The summed E-state index contributed by atoms with van der Waals surface area (Å²) < 4.78 is 0. The van der Waals surface area contributed by atoms with E-state index in [1.54, 1.807) is 0 Å². The minimum atomic E-state index is 0.234. The van der Waals surface area contributed by atoms with Crippen molar-refractivity contribution in [3.8, 4) is 0 Å². The van der Waals surface area contributed by atoms with Crippen LogP contribution in [-0.2, 0) is 9.59 Å². The van der Waals surface area contributed by atoms with Crippen molar-refractivity contribution < 1.29 is 9.59 Å². The number of aldehydes is 2. The molecule has 0 N–H and O–H groups in total. The Hall–Kier alpha value is -1.18. The normalized spacial score (nSPS) is 33.1. The van der Waals surface area contributed by atoms with Crippen molar-refractivity contribution in [3.05, 3.63) is 23.3 Å². The van der Waals surface area contributed by atoms with E-state index in [1.807, 2.05) is 12.2 Å². The van der Waals surface area contributed by atoms with Crippen LogP contribution in [0.5, 0.6) is 0 Å². The van der Waals surface area contributed by atoms with Crippen molar-refractivity contribution in [2.24, 2.45) is 11.8 Å². The van der Waals surface area contributed by atoms with Crippen LogP contribution in [0.4, 0.5) is 0 Å². The molecule has 0 aliphatic heterocycles. The lowest BCUT2D eigenvalue weighted by atomic mass is 9.99. The molecule has 2 aliphatic carbocycles. The van der Waals surface area contributed by atoms with E-state index in [0.717, 1.165) is 19.0 Å². The van der Waals surface area contributed by atoms with Gasteiger partial charge in [-0.3, -0.25) is 9.59 Å². The highest BCUT2D eigenvalue weighted by molar-refractivity contribution is 5.90. The summed E-state index contributed by atoms with van der Waals surface area (Å²) in [6, 6.07) is 0. The van der Waals surface area contributed by atoms with Crippen molar-refractivity contribution in [2.75, 3.05) is 0 Å². The third-order valence-corrected chi connectivity index (χ3v) is 2.47.